The summed E-state index contributed by atoms with van der Waals surface area (Å²) >= 11 is 5.10. The molecule has 0 saturated carbocycles. The summed E-state index contributed by atoms with van der Waals surface area (Å²) in [4.78, 5) is 12.6. The van der Waals surface area contributed by atoms with Crippen molar-refractivity contribution in [2.45, 2.75) is 25.8 Å². The van der Waals surface area contributed by atoms with Crippen LogP contribution in [-0.2, 0) is 11.2 Å². The Hall–Kier alpha value is -1.40. The fraction of sp³-hybridized carbons (Fsp3) is 0.267. The van der Waals surface area contributed by atoms with Gasteiger partial charge in [0.25, 0.3) is 0 Å². The van der Waals surface area contributed by atoms with E-state index in [1.165, 1.54) is 6.07 Å². The lowest BCUT2D eigenvalue weighted by atomic mass is 10.0. The Bertz CT molecular complexity index is 701. The van der Waals surface area contributed by atoms with Crippen molar-refractivity contribution in [2.75, 3.05) is 10.6 Å². The van der Waals surface area contributed by atoms with Crippen LogP contribution < -0.4 is 10.6 Å². The third-order valence-corrected chi connectivity index (χ3v) is 5.55. The molecule has 0 saturated heterocycles. The maximum Gasteiger partial charge on any atom is 0.224 e. The number of nitrogens with one attached hydrogen (secondary N) is 2. The number of benzene rings is 1. The normalized spacial score (nSPS) is 15.3. The van der Waals surface area contributed by atoms with Gasteiger partial charge in [-0.15, -0.1) is 11.3 Å². The molecule has 0 bridgehead atoms. The molecule has 1 unspecified atom stereocenters. The minimum Gasteiger partial charge on any atom is -0.375 e. The SMILES string of the molecule is CC(Nc1cc2c(cc1F)CCC(=O)N2)c1sccc1Br. The van der Waals surface area contributed by atoms with Crippen molar-refractivity contribution in [1.82, 2.24) is 0 Å². The predicted octanol–water partition coefficient (Wildman–Crippen LogP) is 4.71. The van der Waals surface area contributed by atoms with Crippen LogP contribution in [0.3, 0.4) is 0 Å². The van der Waals surface area contributed by atoms with Crippen molar-refractivity contribution in [2.24, 2.45) is 0 Å². The van der Waals surface area contributed by atoms with Crippen molar-refractivity contribution >= 4 is 44.5 Å². The highest BCUT2D eigenvalue weighted by Gasteiger charge is 2.19. The van der Waals surface area contributed by atoms with E-state index in [0.717, 1.165) is 14.9 Å². The van der Waals surface area contributed by atoms with Crippen LogP contribution in [0.25, 0.3) is 0 Å². The van der Waals surface area contributed by atoms with Crippen molar-refractivity contribution in [3.63, 3.8) is 0 Å². The van der Waals surface area contributed by atoms with E-state index in [-0.39, 0.29) is 17.8 Å². The third-order valence-electron chi connectivity index (χ3n) is 3.50. The number of aryl methyl sites for hydroxylation is 1. The number of hydrogen-bond donors (Lipinski definition) is 2. The number of fused-ring (bicyclic) bond motifs is 1. The van der Waals surface area contributed by atoms with Crippen molar-refractivity contribution in [1.29, 1.82) is 0 Å². The average molecular weight is 369 g/mol. The van der Waals surface area contributed by atoms with Gasteiger partial charge in [0.1, 0.15) is 5.82 Å². The molecule has 2 aromatic rings. The summed E-state index contributed by atoms with van der Waals surface area (Å²) in [5, 5.41) is 7.95. The molecule has 1 aromatic heterocycles. The number of anilines is 2. The van der Waals surface area contributed by atoms with Crippen molar-refractivity contribution in [3.05, 3.63) is 44.3 Å². The van der Waals surface area contributed by atoms with Gasteiger partial charge in [0, 0.05) is 21.5 Å². The first kappa shape index (κ1) is 14.5. The summed E-state index contributed by atoms with van der Waals surface area (Å²) in [6, 6.07) is 5.14. The number of hydrogen-bond acceptors (Lipinski definition) is 3. The highest BCUT2D eigenvalue weighted by molar-refractivity contribution is 9.10. The molecule has 3 rings (SSSR count). The summed E-state index contributed by atoms with van der Waals surface area (Å²) in [7, 11) is 0. The third kappa shape index (κ3) is 2.96. The van der Waals surface area contributed by atoms with Crippen molar-refractivity contribution < 1.29 is 9.18 Å². The molecule has 2 heterocycles. The average Bonchev–Trinajstić information content (AvgIpc) is 2.86. The van der Waals surface area contributed by atoms with E-state index in [1.54, 1.807) is 17.4 Å². The second-order valence-corrected chi connectivity index (χ2v) is 6.84. The van der Waals surface area contributed by atoms with Gasteiger partial charge in [0.15, 0.2) is 0 Å². The topological polar surface area (TPSA) is 41.1 Å². The molecule has 1 atom stereocenters. The molecule has 110 valence electrons. The van der Waals surface area contributed by atoms with Gasteiger partial charge in [0.2, 0.25) is 5.91 Å². The molecular weight excluding hydrogens is 355 g/mol. The quantitative estimate of drug-likeness (QED) is 0.823. The zero-order valence-electron chi connectivity index (χ0n) is 11.4. The van der Waals surface area contributed by atoms with E-state index in [4.69, 9.17) is 0 Å². The summed E-state index contributed by atoms with van der Waals surface area (Å²) in [5.74, 6) is -0.307. The first-order chi connectivity index (χ1) is 10.0. The van der Waals surface area contributed by atoms with Gasteiger partial charge >= 0.3 is 0 Å². The largest absolute Gasteiger partial charge is 0.375 e. The number of carbonyl (C=O) groups excluding carboxylic acids is 1. The molecule has 1 aromatic carbocycles. The zero-order chi connectivity index (χ0) is 15.0. The summed E-state index contributed by atoms with van der Waals surface area (Å²) in [5.41, 5.74) is 1.96. The first-order valence-corrected chi connectivity index (χ1v) is 8.33. The van der Waals surface area contributed by atoms with Crippen LogP contribution >= 0.6 is 27.3 Å². The van der Waals surface area contributed by atoms with Crippen molar-refractivity contribution in [3.8, 4) is 0 Å². The molecule has 1 amide bonds. The number of rotatable bonds is 3. The number of carbonyl (C=O) groups is 1. The number of halogens is 2. The molecular formula is C15H14BrFN2OS. The molecule has 0 radical (unpaired) electrons. The number of amides is 1. The van der Waals surface area contributed by atoms with Crippen LogP contribution in [0.2, 0.25) is 0 Å². The van der Waals surface area contributed by atoms with Gasteiger partial charge in [0.05, 0.1) is 11.7 Å². The van der Waals surface area contributed by atoms with Crippen LogP contribution in [0.1, 0.15) is 29.8 Å². The van der Waals surface area contributed by atoms with E-state index in [1.807, 2.05) is 18.4 Å². The Morgan fingerprint density at radius 1 is 1.43 bits per heavy atom. The van der Waals surface area contributed by atoms with E-state index in [2.05, 4.69) is 26.6 Å². The number of thiophene rings is 1. The lowest BCUT2D eigenvalue weighted by molar-refractivity contribution is -0.116. The van der Waals surface area contributed by atoms with Gasteiger partial charge < -0.3 is 10.6 Å². The van der Waals surface area contributed by atoms with Crippen LogP contribution in [0, 0.1) is 5.82 Å². The molecule has 0 aliphatic carbocycles. The molecule has 2 N–H and O–H groups in total. The Labute approximate surface area is 134 Å². The zero-order valence-corrected chi connectivity index (χ0v) is 13.8. The standard InChI is InChI=1S/C15H14BrFN2OS/c1-8(15-10(16)4-5-21-15)18-13-7-12-9(6-11(13)17)2-3-14(20)19-12/h4-8,18H,2-3H2,1H3,(H,19,20). The summed E-state index contributed by atoms with van der Waals surface area (Å²) in [6.07, 6.45) is 1.00. The monoisotopic (exact) mass is 368 g/mol. The summed E-state index contributed by atoms with van der Waals surface area (Å²) in [6.45, 7) is 1.98. The van der Waals surface area contributed by atoms with Crippen LogP contribution in [0.15, 0.2) is 28.1 Å². The molecule has 0 fully saturated rings. The van der Waals surface area contributed by atoms with Gasteiger partial charge in [-0.1, -0.05) is 0 Å². The van der Waals surface area contributed by atoms with E-state index < -0.39 is 0 Å². The molecule has 1 aliphatic heterocycles. The fourth-order valence-corrected chi connectivity index (χ4v) is 4.15. The predicted molar refractivity (Wildman–Crippen MR) is 87.4 cm³/mol. The highest BCUT2D eigenvalue weighted by atomic mass is 79.9. The molecule has 1 aliphatic rings. The Morgan fingerprint density at radius 3 is 2.95 bits per heavy atom. The van der Waals surface area contributed by atoms with Gasteiger partial charge in [-0.2, -0.15) is 0 Å². The minimum absolute atomic E-state index is 0.0193. The van der Waals surface area contributed by atoms with Gasteiger partial charge in [-0.25, -0.2) is 4.39 Å². The maximum atomic E-state index is 14.2. The highest BCUT2D eigenvalue weighted by Crippen LogP contribution is 2.34. The molecule has 21 heavy (non-hydrogen) atoms. The van der Waals surface area contributed by atoms with Gasteiger partial charge in [-0.05, 0) is 58.4 Å². The molecule has 0 spiro atoms. The Morgan fingerprint density at radius 2 is 2.24 bits per heavy atom. The lowest BCUT2D eigenvalue weighted by Crippen LogP contribution is -2.19. The van der Waals surface area contributed by atoms with Crippen LogP contribution in [0.4, 0.5) is 15.8 Å². The Balaban J connectivity index is 1.87. The second-order valence-electron chi connectivity index (χ2n) is 5.04. The van der Waals surface area contributed by atoms with E-state index in [0.29, 0.717) is 24.2 Å². The molecule has 3 nitrogen and oxygen atoms in total. The fourth-order valence-electron chi connectivity index (χ4n) is 2.42. The van der Waals surface area contributed by atoms with Crippen LogP contribution in [0.5, 0.6) is 0 Å². The van der Waals surface area contributed by atoms with E-state index >= 15 is 0 Å². The maximum absolute atomic E-state index is 14.2. The lowest BCUT2D eigenvalue weighted by Gasteiger charge is -2.21. The first-order valence-electron chi connectivity index (χ1n) is 6.66. The Kier molecular flexibility index (Phi) is 3.99. The van der Waals surface area contributed by atoms with E-state index in [9.17, 15) is 9.18 Å². The minimum atomic E-state index is -0.288. The second kappa shape index (κ2) is 5.77. The summed E-state index contributed by atoms with van der Waals surface area (Å²) < 4.78 is 15.2. The smallest absolute Gasteiger partial charge is 0.224 e. The molecule has 6 heteroatoms. The van der Waals surface area contributed by atoms with Crippen LogP contribution in [-0.4, -0.2) is 5.91 Å². The van der Waals surface area contributed by atoms with Gasteiger partial charge in [-0.3, -0.25) is 4.79 Å².